The average Bonchev–Trinajstić information content (AvgIpc) is 2.63. The third kappa shape index (κ3) is 5.03. The predicted molar refractivity (Wildman–Crippen MR) is 96.6 cm³/mol. The Hall–Kier alpha value is -2.44. The van der Waals surface area contributed by atoms with Crippen LogP contribution in [0.15, 0.2) is 24.3 Å². The molecule has 0 bridgehead atoms. The van der Waals surface area contributed by atoms with Crippen molar-refractivity contribution in [2.45, 2.75) is 51.5 Å². The van der Waals surface area contributed by atoms with Crippen LogP contribution in [0.4, 0.5) is 5.69 Å². The molecule has 2 atom stereocenters. The number of nitro groups is 1. The second kappa shape index (κ2) is 9.31. The van der Waals surface area contributed by atoms with Gasteiger partial charge >= 0.3 is 5.97 Å². The Morgan fingerprint density at radius 3 is 2.62 bits per heavy atom. The lowest BCUT2D eigenvalue weighted by molar-refractivity contribution is -0.385. The van der Waals surface area contributed by atoms with Crippen LogP contribution in [-0.2, 0) is 20.7 Å². The Labute approximate surface area is 153 Å². The van der Waals surface area contributed by atoms with Gasteiger partial charge in [0.05, 0.1) is 24.9 Å². The molecule has 26 heavy (non-hydrogen) atoms. The first-order chi connectivity index (χ1) is 12.4. The van der Waals surface area contributed by atoms with Gasteiger partial charge in [-0.15, -0.1) is 0 Å². The van der Waals surface area contributed by atoms with Crippen LogP contribution < -0.4 is 0 Å². The van der Waals surface area contributed by atoms with E-state index in [1.807, 2.05) is 0 Å². The minimum Gasteiger partial charge on any atom is -0.469 e. The van der Waals surface area contributed by atoms with E-state index in [9.17, 15) is 19.7 Å². The highest BCUT2D eigenvalue weighted by molar-refractivity contribution is 5.81. The molecule has 0 aliphatic heterocycles. The van der Waals surface area contributed by atoms with Gasteiger partial charge in [0, 0.05) is 24.2 Å². The summed E-state index contributed by atoms with van der Waals surface area (Å²) in [6.45, 7) is 2.40. The highest BCUT2D eigenvalue weighted by Crippen LogP contribution is 2.29. The second-order valence-electron chi connectivity index (χ2n) is 6.80. The minimum absolute atomic E-state index is 0.0401. The minimum atomic E-state index is -0.468. The molecule has 1 aliphatic rings. The van der Waals surface area contributed by atoms with Crippen molar-refractivity contribution in [1.29, 1.82) is 0 Å². The van der Waals surface area contributed by atoms with Crippen LogP contribution in [0.3, 0.4) is 0 Å². The number of benzene rings is 1. The summed E-state index contributed by atoms with van der Waals surface area (Å²) in [7, 11) is 1.32. The summed E-state index contributed by atoms with van der Waals surface area (Å²) in [6, 6.07) is 6.36. The van der Waals surface area contributed by atoms with Crippen LogP contribution in [0, 0.1) is 16.0 Å². The molecule has 142 valence electrons. The number of hydrogen-bond acceptors (Lipinski definition) is 5. The Morgan fingerprint density at radius 2 is 1.96 bits per heavy atom. The topological polar surface area (TPSA) is 89.8 Å². The Kier molecular flexibility index (Phi) is 7.12. The number of rotatable bonds is 7. The molecule has 0 N–H and O–H groups in total. The van der Waals surface area contributed by atoms with Crippen molar-refractivity contribution < 1.29 is 19.2 Å². The maximum Gasteiger partial charge on any atom is 0.307 e. The zero-order valence-electron chi connectivity index (χ0n) is 15.3. The Balaban J connectivity index is 2.19. The van der Waals surface area contributed by atoms with E-state index in [4.69, 9.17) is 4.74 Å². The van der Waals surface area contributed by atoms with Crippen LogP contribution >= 0.6 is 0 Å². The van der Waals surface area contributed by atoms with Gasteiger partial charge in [-0.2, -0.15) is 0 Å². The zero-order chi connectivity index (χ0) is 19.1. The van der Waals surface area contributed by atoms with Crippen LogP contribution in [0.25, 0.3) is 0 Å². The molecule has 2 unspecified atom stereocenters. The van der Waals surface area contributed by atoms with Crippen LogP contribution in [0.1, 0.15) is 44.6 Å². The average molecular weight is 362 g/mol. The Bertz CT molecular complexity index is 661. The third-order valence-corrected chi connectivity index (χ3v) is 5.10. The first kappa shape index (κ1) is 19.9. The summed E-state index contributed by atoms with van der Waals surface area (Å²) in [4.78, 5) is 37.0. The summed E-state index contributed by atoms with van der Waals surface area (Å²) < 4.78 is 4.70. The monoisotopic (exact) mass is 362 g/mol. The number of hydrogen-bond donors (Lipinski definition) is 0. The largest absolute Gasteiger partial charge is 0.469 e. The van der Waals surface area contributed by atoms with Gasteiger partial charge in [-0.1, -0.05) is 38.0 Å². The first-order valence-electron chi connectivity index (χ1n) is 9.02. The van der Waals surface area contributed by atoms with Crippen molar-refractivity contribution in [3.63, 3.8) is 0 Å². The summed E-state index contributed by atoms with van der Waals surface area (Å²) >= 11 is 0. The van der Waals surface area contributed by atoms with Gasteiger partial charge in [0.25, 0.3) is 5.69 Å². The summed E-state index contributed by atoms with van der Waals surface area (Å²) in [5.41, 5.74) is 0.347. The number of nitro benzene ring substituents is 1. The molecule has 7 heteroatoms. The molecular formula is C19H26N2O5. The highest BCUT2D eigenvalue weighted by atomic mass is 16.6. The molecule has 0 radical (unpaired) electrons. The van der Waals surface area contributed by atoms with Crippen molar-refractivity contribution in [2.75, 3.05) is 13.7 Å². The van der Waals surface area contributed by atoms with Gasteiger partial charge in [0.2, 0.25) is 5.91 Å². The lowest BCUT2D eigenvalue weighted by atomic mass is 9.84. The molecule has 1 fully saturated rings. The molecular weight excluding hydrogens is 336 g/mol. The quantitative estimate of drug-likeness (QED) is 0.422. The van der Waals surface area contributed by atoms with E-state index in [1.165, 1.54) is 13.2 Å². The molecule has 1 aromatic rings. The Morgan fingerprint density at radius 1 is 1.27 bits per heavy atom. The third-order valence-electron chi connectivity index (χ3n) is 5.10. The van der Waals surface area contributed by atoms with Crippen molar-refractivity contribution in [1.82, 2.24) is 4.90 Å². The molecule has 2 rings (SSSR count). The van der Waals surface area contributed by atoms with E-state index < -0.39 is 4.92 Å². The van der Waals surface area contributed by atoms with Gasteiger partial charge in [-0.05, 0) is 18.8 Å². The van der Waals surface area contributed by atoms with Crippen molar-refractivity contribution in [2.24, 2.45) is 5.92 Å². The normalized spacial score (nSPS) is 19.6. The van der Waals surface area contributed by atoms with Crippen molar-refractivity contribution in [3.05, 3.63) is 39.9 Å². The van der Waals surface area contributed by atoms with E-state index in [0.29, 0.717) is 11.5 Å². The molecule has 7 nitrogen and oxygen atoms in total. The van der Waals surface area contributed by atoms with E-state index in [0.717, 1.165) is 25.7 Å². The lowest BCUT2D eigenvalue weighted by Gasteiger charge is -2.38. The van der Waals surface area contributed by atoms with Gasteiger partial charge in [0.15, 0.2) is 0 Å². The highest BCUT2D eigenvalue weighted by Gasteiger charge is 2.31. The molecule has 0 heterocycles. The molecule has 0 saturated heterocycles. The van der Waals surface area contributed by atoms with Gasteiger partial charge in [0.1, 0.15) is 0 Å². The maximum atomic E-state index is 13.0. The molecule has 1 saturated carbocycles. The smallest absolute Gasteiger partial charge is 0.307 e. The van der Waals surface area contributed by atoms with E-state index in [2.05, 4.69) is 6.92 Å². The van der Waals surface area contributed by atoms with Gasteiger partial charge in [-0.25, -0.2) is 0 Å². The summed E-state index contributed by atoms with van der Waals surface area (Å²) in [6.07, 6.45) is 4.20. The molecule has 0 aromatic heterocycles. The number of esters is 1. The predicted octanol–water partition coefficient (Wildman–Crippen LogP) is 3.11. The van der Waals surface area contributed by atoms with Crippen LogP contribution in [0.2, 0.25) is 0 Å². The van der Waals surface area contributed by atoms with Gasteiger partial charge in [-0.3, -0.25) is 19.7 Å². The SMILES string of the molecule is COC(=O)CCN(C(=O)Cc1ccccc1[N+](=O)[O-])C1CCCCC1C. The van der Waals surface area contributed by atoms with Crippen LogP contribution in [0.5, 0.6) is 0 Å². The first-order valence-corrected chi connectivity index (χ1v) is 9.02. The maximum absolute atomic E-state index is 13.0. The number of carbonyl (C=O) groups excluding carboxylic acids is 2. The summed E-state index contributed by atoms with van der Waals surface area (Å²) in [5, 5.41) is 11.2. The number of carbonyl (C=O) groups is 2. The number of para-hydroxylation sites is 1. The standard InChI is InChI=1S/C19H26N2O5/c1-14-7-3-5-9-16(14)20(12-11-19(23)26-2)18(22)13-15-8-4-6-10-17(15)21(24)25/h4,6,8,10,14,16H,3,5,7,9,11-13H2,1-2H3. The van der Waals surface area contributed by atoms with Crippen molar-refractivity contribution >= 4 is 17.6 Å². The van der Waals surface area contributed by atoms with E-state index >= 15 is 0 Å². The number of nitrogens with zero attached hydrogens (tertiary/aromatic N) is 2. The fraction of sp³-hybridized carbons (Fsp3) is 0.579. The fourth-order valence-electron chi connectivity index (χ4n) is 3.65. The number of ether oxygens (including phenoxy) is 1. The molecule has 0 spiro atoms. The van der Waals surface area contributed by atoms with Crippen LogP contribution in [-0.4, -0.2) is 41.4 Å². The number of methoxy groups -OCH3 is 1. The lowest BCUT2D eigenvalue weighted by Crippen LogP contribution is -2.47. The molecule has 1 amide bonds. The molecule has 1 aromatic carbocycles. The van der Waals surface area contributed by atoms with E-state index in [-0.39, 0.29) is 43.0 Å². The number of amides is 1. The fourth-order valence-corrected chi connectivity index (χ4v) is 3.65. The second-order valence-corrected chi connectivity index (χ2v) is 6.80. The zero-order valence-corrected chi connectivity index (χ0v) is 15.3. The van der Waals surface area contributed by atoms with Crippen molar-refractivity contribution in [3.8, 4) is 0 Å². The molecule has 1 aliphatic carbocycles. The van der Waals surface area contributed by atoms with E-state index in [1.54, 1.807) is 23.1 Å². The summed E-state index contributed by atoms with van der Waals surface area (Å²) in [5.74, 6) is -0.199. The van der Waals surface area contributed by atoms with Gasteiger partial charge < -0.3 is 9.64 Å².